The van der Waals surface area contributed by atoms with E-state index in [-0.39, 0.29) is 35.9 Å². The van der Waals surface area contributed by atoms with Crippen LogP contribution in [0.4, 0.5) is 0 Å². The van der Waals surface area contributed by atoms with Crippen molar-refractivity contribution < 1.29 is 23.5 Å². The summed E-state index contributed by atoms with van der Waals surface area (Å²) in [6.07, 6.45) is 6.56. The molecule has 2 aromatic carbocycles. The maximum atomic E-state index is 14.0. The number of unbranched alkanes of at least 4 members (excludes halogenated alkanes) is 1. The molecular formula is C35H45ClN4O5. The smallest absolute Gasteiger partial charge is 0.264 e. The SMILES string of the molecule is NCCCC[C@H](CC(=O)[C@@H]1C[C@@H](OCc2ccc(Cl)cc2)CN1C(=O)CCCC1CCNCC1)C(=O)c1nc2ccccc2o1. The van der Waals surface area contributed by atoms with Gasteiger partial charge < -0.3 is 25.1 Å². The molecule has 0 saturated carbocycles. The van der Waals surface area contributed by atoms with Crippen molar-refractivity contribution in [2.24, 2.45) is 17.6 Å². The summed E-state index contributed by atoms with van der Waals surface area (Å²) in [7, 11) is 0. The number of likely N-dealkylation sites (tertiary alicyclic amines) is 1. The lowest BCUT2D eigenvalue weighted by atomic mass is 9.89. The van der Waals surface area contributed by atoms with E-state index in [0.29, 0.717) is 67.4 Å². The summed E-state index contributed by atoms with van der Waals surface area (Å²) >= 11 is 6.04. The fourth-order valence-electron chi connectivity index (χ4n) is 6.54. The van der Waals surface area contributed by atoms with Crippen molar-refractivity contribution in [1.29, 1.82) is 0 Å². The number of hydrogen-bond donors (Lipinski definition) is 2. The predicted octanol–water partition coefficient (Wildman–Crippen LogP) is 5.72. The molecule has 0 spiro atoms. The number of para-hydroxylation sites is 2. The van der Waals surface area contributed by atoms with Gasteiger partial charge in [0.2, 0.25) is 11.7 Å². The van der Waals surface area contributed by atoms with Gasteiger partial charge in [-0.05, 0) is 93.9 Å². The Kier molecular flexibility index (Phi) is 12.2. The van der Waals surface area contributed by atoms with E-state index >= 15 is 0 Å². The summed E-state index contributed by atoms with van der Waals surface area (Å²) in [5.74, 6) is -0.389. The summed E-state index contributed by atoms with van der Waals surface area (Å²) < 4.78 is 12.0. The highest BCUT2D eigenvalue weighted by atomic mass is 35.5. The van der Waals surface area contributed by atoms with Crippen molar-refractivity contribution >= 4 is 40.2 Å². The van der Waals surface area contributed by atoms with Crippen LogP contribution < -0.4 is 11.1 Å². The molecule has 3 aromatic rings. The highest BCUT2D eigenvalue weighted by molar-refractivity contribution is 6.30. The van der Waals surface area contributed by atoms with Crippen molar-refractivity contribution in [2.75, 3.05) is 26.2 Å². The Morgan fingerprint density at radius 1 is 1.07 bits per heavy atom. The van der Waals surface area contributed by atoms with E-state index in [9.17, 15) is 14.4 Å². The van der Waals surface area contributed by atoms with Gasteiger partial charge in [0.1, 0.15) is 5.52 Å². The lowest BCUT2D eigenvalue weighted by molar-refractivity contribution is -0.138. The van der Waals surface area contributed by atoms with Gasteiger partial charge in [-0.1, -0.05) is 42.3 Å². The first-order chi connectivity index (χ1) is 21.9. The summed E-state index contributed by atoms with van der Waals surface area (Å²) in [5.41, 5.74) is 7.84. The second kappa shape index (κ2) is 16.5. The van der Waals surface area contributed by atoms with E-state index in [4.69, 9.17) is 26.5 Å². The van der Waals surface area contributed by atoms with Gasteiger partial charge in [0.15, 0.2) is 11.4 Å². The third-order valence-electron chi connectivity index (χ3n) is 9.15. The number of fused-ring (bicyclic) bond motifs is 1. The number of Topliss-reactive ketones (excluding diaryl/α,β-unsaturated/α-hetero) is 2. The Morgan fingerprint density at radius 3 is 2.60 bits per heavy atom. The standard InChI is InChI=1S/C35H45ClN4O5/c36-27-13-11-25(12-14-27)23-44-28-21-30(40(22-28)33(42)10-5-6-24-15-18-38-19-16-24)31(41)20-26(7-3-4-17-37)34(43)35-39-29-8-1-2-9-32(29)45-35/h1-2,8-9,11-14,24,26,28,30,38H,3-7,10,15-23,37H2/t26-,28-,30+/m1/s1. The van der Waals surface area contributed by atoms with Gasteiger partial charge >= 0.3 is 0 Å². The number of nitrogens with one attached hydrogen (secondary N) is 1. The normalized spacial score (nSPS) is 19.6. The highest BCUT2D eigenvalue weighted by Gasteiger charge is 2.41. The molecule has 10 heteroatoms. The molecule has 5 rings (SSSR count). The molecule has 2 aliphatic rings. The first-order valence-corrected chi connectivity index (χ1v) is 16.8. The van der Waals surface area contributed by atoms with Crippen LogP contribution in [0, 0.1) is 11.8 Å². The predicted molar refractivity (Wildman–Crippen MR) is 174 cm³/mol. The van der Waals surface area contributed by atoms with Crippen LogP contribution in [0.5, 0.6) is 0 Å². The first-order valence-electron chi connectivity index (χ1n) is 16.4. The maximum absolute atomic E-state index is 14.0. The van der Waals surface area contributed by atoms with Crippen LogP contribution in [0.15, 0.2) is 52.9 Å². The van der Waals surface area contributed by atoms with Crippen LogP contribution >= 0.6 is 11.6 Å². The number of ketones is 2. The molecule has 0 aliphatic carbocycles. The number of hydrogen-bond acceptors (Lipinski definition) is 8. The molecule has 9 nitrogen and oxygen atoms in total. The minimum atomic E-state index is -0.639. The fraction of sp³-hybridized carbons (Fsp3) is 0.543. The van der Waals surface area contributed by atoms with Crippen molar-refractivity contribution in [3.05, 3.63) is 65.0 Å². The number of nitrogens with zero attached hydrogens (tertiary/aromatic N) is 2. The van der Waals surface area contributed by atoms with Crippen LogP contribution in [-0.2, 0) is 20.9 Å². The van der Waals surface area contributed by atoms with Crippen LogP contribution in [0.1, 0.15) is 80.5 Å². The van der Waals surface area contributed by atoms with Crippen molar-refractivity contribution in [1.82, 2.24) is 15.2 Å². The molecule has 0 radical (unpaired) electrons. The number of aromatic nitrogens is 1. The van der Waals surface area contributed by atoms with Crippen molar-refractivity contribution in [2.45, 2.75) is 83.0 Å². The van der Waals surface area contributed by atoms with Gasteiger partial charge in [0.05, 0.1) is 18.8 Å². The Hall–Kier alpha value is -3.11. The summed E-state index contributed by atoms with van der Waals surface area (Å²) in [6.45, 7) is 3.28. The highest BCUT2D eigenvalue weighted by Crippen LogP contribution is 2.29. The molecule has 2 saturated heterocycles. The number of carbonyl (C=O) groups is 3. The molecule has 3 N–H and O–H groups in total. The zero-order valence-electron chi connectivity index (χ0n) is 25.9. The van der Waals surface area contributed by atoms with E-state index in [2.05, 4.69) is 10.3 Å². The van der Waals surface area contributed by atoms with Gasteiger partial charge in [-0.15, -0.1) is 0 Å². The Balaban J connectivity index is 1.27. The summed E-state index contributed by atoms with van der Waals surface area (Å²) in [6, 6.07) is 14.0. The maximum Gasteiger partial charge on any atom is 0.264 e. The number of nitrogens with two attached hydrogens (primary N) is 1. The second-order valence-electron chi connectivity index (χ2n) is 12.4. The number of benzene rings is 2. The lowest BCUT2D eigenvalue weighted by Crippen LogP contribution is -2.41. The molecule has 2 fully saturated rings. The monoisotopic (exact) mass is 636 g/mol. The Morgan fingerprint density at radius 2 is 1.84 bits per heavy atom. The van der Waals surface area contributed by atoms with Crippen LogP contribution in [0.25, 0.3) is 11.1 Å². The van der Waals surface area contributed by atoms with Gasteiger partial charge in [-0.25, -0.2) is 4.98 Å². The summed E-state index contributed by atoms with van der Waals surface area (Å²) in [5, 5.41) is 4.04. The molecule has 242 valence electrons. The molecule has 2 aliphatic heterocycles. The number of rotatable bonds is 16. The van der Waals surface area contributed by atoms with Gasteiger partial charge in [-0.2, -0.15) is 0 Å². The van der Waals surface area contributed by atoms with Crippen molar-refractivity contribution in [3.8, 4) is 0 Å². The average Bonchev–Trinajstić information content (AvgIpc) is 3.69. The second-order valence-corrected chi connectivity index (χ2v) is 12.9. The minimum absolute atomic E-state index is 0.00948. The van der Waals surface area contributed by atoms with Gasteiger partial charge in [-0.3, -0.25) is 14.4 Å². The quantitative estimate of drug-likeness (QED) is 0.151. The lowest BCUT2D eigenvalue weighted by Gasteiger charge is -2.26. The van der Waals surface area contributed by atoms with E-state index in [1.165, 1.54) is 0 Å². The average molecular weight is 637 g/mol. The number of amides is 1. The molecule has 1 amide bonds. The molecule has 3 heterocycles. The van der Waals surface area contributed by atoms with Crippen LogP contribution in [0.3, 0.4) is 0 Å². The third-order valence-corrected chi connectivity index (χ3v) is 9.40. The largest absolute Gasteiger partial charge is 0.434 e. The number of ether oxygens (including phenoxy) is 1. The zero-order valence-corrected chi connectivity index (χ0v) is 26.7. The third kappa shape index (κ3) is 9.22. The van der Waals surface area contributed by atoms with Gasteiger partial charge in [0.25, 0.3) is 5.89 Å². The molecule has 1 aromatic heterocycles. The van der Waals surface area contributed by atoms with E-state index in [0.717, 1.165) is 50.8 Å². The first kappa shape index (κ1) is 33.3. The van der Waals surface area contributed by atoms with Crippen LogP contribution in [-0.4, -0.2) is 65.7 Å². The van der Waals surface area contributed by atoms with E-state index in [1.54, 1.807) is 17.0 Å². The molecule has 3 atom stereocenters. The van der Waals surface area contributed by atoms with E-state index < -0.39 is 12.0 Å². The molecule has 0 bridgehead atoms. The van der Waals surface area contributed by atoms with Crippen LogP contribution in [0.2, 0.25) is 5.02 Å². The Labute approximate surface area is 270 Å². The van der Waals surface area contributed by atoms with Crippen molar-refractivity contribution in [3.63, 3.8) is 0 Å². The number of carbonyl (C=O) groups excluding carboxylic acids is 3. The fourth-order valence-corrected chi connectivity index (χ4v) is 6.67. The molecule has 45 heavy (non-hydrogen) atoms. The topological polar surface area (TPSA) is 128 Å². The zero-order chi connectivity index (χ0) is 31.6. The molecular weight excluding hydrogens is 592 g/mol. The molecule has 0 unspecified atom stereocenters. The summed E-state index contributed by atoms with van der Waals surface area (Å²) in [4.78, 5) is 47.4. The minimum Gasteiger partial charge on any atom is -0.434 e. The number of piperidine rings is 1. The van der Waals surface area contributed by atoms with Gasteiger partial charge in [0, 0.05) is 36.7 Å². The number of oxazole rings is 1. The van der Waals surface area contributed by atoms with E-state index in [1.807, 2.05) is 36.4 Å². The number of halogens is 1. The Bertz CT molecular complexity index is 1390.